The lowest BCUT2D eigenvalue weighted by atomic mass is 9.88. The van der Waals surface area contributed by atoms with Gasteiger partial charge in [0.15, 0.2) is 0 Å². The van der Waals surface area contributed by atoms with Crippen LogP contribution in [0, 0.1) is 0 Å². The zero-order chi connectivity index (χ0) is 11.6. The molecule has 0 fully saturated rings. The summed E-state index contributed by atoms with van der Waals surface area (Å²) in [6, 6.07) is 8.00. The first kappa shape index (κ1) is 10.7. The molecule has 1 aromatic rings. The molecule has 1 aromatic carbocycles. The van der Waals surface area contributed by atoms with E-state index in [1.807, 2.05) is 18.2 Å². The van der Waals surface area contributed by atoms with Crippen molar-refractivity contribution in [2.24, 2.45) is 0 Å². The molecule has 0 radical (unpaired) electrons. The summed E-state index contributed by atoms with van der Waals surface area (Å²) < 4.78 is 0. The molecule has 0 saturated heterocycles. The molecule has 1 aliphatic carbocycles. The lowest BCUT2D eigenvalue weighted by Gasteiger charge is -2.29. The summed E-state index contributed by atoms with van der Waals surface area (Å²) in [5.41, 5.74) is 1.86. The van der Waals surface area contributed by atoms with Gasteiger partial charge in [-0.25, -0.2) is 4.79 Å². The minimum absolute atomic E-state index is 0.468. The third-order valence-corrected chi connectivity index (χ3v) is 3.19. The summed E-state index contributed by atoms with van der Waals surface area (Å²) in [4.78, 5) is 10.9. The number of nitrogens with one attached hydrogen (secondary N) is 1. The van der Waals surface area contributed by atoms with Crippen LogP contribution in [0.25, 0.3) is 0 Å². The average Bonchev–Trinajstić information content (AvgIpc) is 2.58. The van der Waals surface area contributed by atoms with Crippen molar-refractivity contribution in [2.45, 2.75) is 24.8 Å². The molecule has 2 N–H and O–H groups in total. The van der Waals surface area contributed by atoms with Gasteiger partial charge in [0, 0.05) is 0 Å². The van der Waals surface area contributed by atoms with Crippen LogP contribution in [-0.2, 0) is 12.0 Å². The summed E-state index contributed by atoms with van der Waals surface area (Å²) >= 11 is 0. The molecular weight excluding hydrogens is 202 g/mol. The molecule has 1 amide bonds. The standard InChI is InChI=1S/C13H15NO2/c1-2-8-13(14-12(15)16)9-7-10-5-3-4-6-11(10)13/h2-6,14H,1,7-9H2,(H,15,16)/t13-/m0/s1. The molecule has 0 aliphatic heterocycles. The van der Waals surface area contributed by atoms with E-state index in [-0.39, 0.29) is 0 Å². The molecule has 0 aromatic heterocycles. The van der Waals surface area contributed by atoms with Gasteiger partial charge in [0.25, 0.3) is 0 Å². The lowest BCUT2D eigenvalue weighted by Crippen LogP contribution is -2.43. The van der Waals surface area contributed by atoms with Crippen LogP contribution < -0.4 is 5.32 Å². The van der Waals surface area contributed by atoms with Crippen molar-refractivity contribution >= 4 is 6.09 Å². The molecule has 0 saturated carbocycles. The van der Waals surface area contributed by atoms with E-state index in [1.165, 1.54) is 5.56 Å². The van der Waals surface area contributed by atoms with E-state index in [0.717, 1.165) is 18.4 Å². The van der Waals surface area contributed by atoms with Crippen LogP contribution in [0.3, 0.4) is 0 Å². The van der Waals surface area contributed by atoms with Crippen LogP contribution in [0.1, 0.15) is 24.0 Å². The number of aryl methyl sites for hydroxylation is 1. The number of carboxylic acid groups (broad SMARTS) is 1. The first-order valence-electron chi connectivity index (χ1n) is 5.38. The Bertz CT molecular complexity index is 428. The molecular formula is C13H15NO2. The Morgan fingerprint density at radius 3 is 3.00 bits per heavy atom. The van der Waals surface area contributed by atoms with Gasteiger partial charge in [-0.05, 0) is 30.4 Å². The Morgan fingerprint density at radius 1 is 1.56 bits per heavy atom. The van der Waals surface area contributed by atoms with E-state index in [4.69, 9.17) is 5.11 Å². The maximum Gasteiger partial charge on any atom is 0.405 e. The minimum Gasteiger partial charge on any atom is -0.465 e. The largest absolute Gasteiger partial charge is 0.465 e. The van der Waals surface area contributed by atoms with Crippen molar-refractivity contribution in [3.63, 3.8) is 0 Å². The molecule has 1 atom stereocenters. The molecule has 0 spiro atoms. The summed E-state index contributed by atoms with van der Waals surface area (Å²) in [5, 5.41) is 11.6. The number of hydrogen-bond acceptors (Lipinski definition) is 1. The van der Waals surface area contributed by atoms with E-state index in [0.29, 0.717) is 6.42 Å². The molecule has 84 valence electrons. The predicted octanol–water partition coefficient (Wildman–Crippen LogP) is 2.67. The fourth-order valence-electron chi connectivity index (χ4n) is 2.53. The van der Waals surface area contributed by atoms with Crippen molar-refractivity contribution in [3.8, 4) is 0 Å². The zero-order valence-corrected chi connectivity index (χ0v) is 9.07. The van der Waals surface area contributed by atoms with E-state index < -0.39 is 11.6 Å². The van der Waals surface area contributed by atoms with Gasteiger partial charge in [-0.1, -0.05) is 30.3 Å². The van der Waals surface area contributed by atoms with Crippen LogP contribution in [0.4, 0.5) is 4.79 Å². The lowest BCUT2D eigenvalue weighted by molar-refractivity contribution is 0.176. The van der Waals surface area contributed by atoms with Gasteiger partial charge in [-0.15, -0.1) is 6.58 Å². The summed E-state index contributed by atoms with van der Waals surface area (Å²) in [7, 11) is 0. The van der Waals surface area contributed by atoms with Crippen molar-refractivity contribution < 1.29 is 9.90 Å². The van der Waals surface area contributed by atoms with Crippen LogP contribution >= 0.6 is 0 Å². The maximum absolute atomic E-state index is 10.9. The van der Waals surface area contributed by atoms with Gasteiger partial charge in [0.2, 0.25) is 0 Å². The average molecular weight is 217 g/mol. The summed E-state index contributed by atoms with van der Waals surface area (Å²) in [5.74, 6) is 0. The third-order valence-electron chi connectivity index (χ3n) is 3.19. The van der Waals surface area contributed by atoms with E-state index in [1.54, 1.807) is 6.08 Å². The highest BCUT2D eigenvalue weighted by atomic mass is 16.4. The van der Waals surface area contributed by atoms with Crippen molar-refractivity contribution in [1.82, 2.24) is 5.32 Å². The van der Waals surface area contributed by atoms with Crippen molar-refractivity contribution in [3.05, 3.63) is 48.0 Å². The molecule has 1 aliphatic rings. The molecule has 2 rings (SSSR count). The van der Waals surface area contributed by atoms with Crippen LogP contribution in [-0.4, -0.2) is 11.2 Å². The highest BCUT2D eigenvalue weighted by molar-refractivity contribution is 5.67. The fraction of sp³-hybridized carbons (Fsp3) is 0.308. The monoisotopic (exact) mass is 217 g/mol. The molecule has 0 unspecified atom stereocenters. The molecule has 3 nitrogen and oxygen atoms in total. The number of fused-ring (bicyclic) bond motifs is 1. The quantitative estimate of drug-likeness (QED) is 0.765. The predicted molar refractivity (Wildman–Crippen MR) is 62.4 cm³/mol. The molecule has 0 heterocycles. The Hall–Kier alpha value is -1.77. The fourth-order valence-corrected chi connectivity index (χ4v) is 2.53. The number of rotatable bonds is 3. The van der Waals surface area contributed by atoms with Gasteiger partial charge < -0.3 is 10.4 Å². The van der Waals surface area contributed by atoms with E-state index in [9.17, 15) is 4.79 Å². The maximum atomic E-state index is 10.9. The Labute approximate surface area is 94.8 Å². The first-order chi connectivity index (χ1) is 7.68. The van der Waals surface area contributed by atoms with Crippen LogP contribution in [0.5, 0.6) is 0 Å². The molecule has 16 heavy (non-hydrogen) atoms. The Balaban J connectivity index is 2.42. The topological polar surface area (TPSA) is 49.3 Å². The third kappa shape index (κ3) is 1.69. The van der Waals surface area contributed by atoms with Crippen molar-refractivity contribution in [1.29, 1.82) is 0 Å². The second-order valence-electron chi connectivity index (χ2n) is 4.16. The van der Waals surface area contributed by atoms with Crippen molar-refractivity contribution in [2.75, 3.05) is 0 Å². The first-order valence-corrected chi connectivity index (χ1v) is 5.38. The normalized spacial score (nSPS) is 22.5. The van der Waals surface area contributed by atoms with Crippen LogP contribution in [0.2, 0.25) is 0 Å². The van der Waals surface area contributed by atoms with Gasteiger partial charge in [-0.3, -0.25) is 0 Å². The second kappa shape index (κ2) is 4.00. The van der Waals surface area contributed by atoms with Gasteiger partial charge in [0.1, 0.15) is 0 Å². The summed E-state index contributed by atoms with van der Waals surface area (Å²) in [6.45, 7) is 3.72. The number of hydrogen-bond donors (Lipinski definition) is 2. The molecule has 3 heteroatoms. The number of carbonyl (C=O) groups is 1. The summed E-state index contributed by atoms with van der Waals surface area (Å²) in [6.07, 6.45) is 3.17. The van der Waals surface area contributed by atoms with Gasteiger partial charge in [-0.2, -0.15) is 0 Å². The minimum atomic E-state index is -0.974. The van der Waals surface area contributed by atoms with Gasteiger partial charge >= 0.3 is 6.09 Å². The Morgan fingerprint density at radius 2 is 2.31 bits per heavy atom. The molecule has 0 bridgehead atoms. The van der Waals surface area contributed by atoms with E-state index in [2.05, 4.69) is 18.0 Å². The van der Waals surface area contributed by atoms with E-state index >= 15 is 0 Å². The highest BCUT2D eigenvalue weighted by Crippen LogP contribution is 2.39. The smallest absolute Gasteiger partial charge is 0.405 e. The van der Waals surface area contributed by atoms with Crippen LogP contribution in [0.15, 0.2) is 36.9 Å². The Kier molecular flexibility index (Phi) is 2.69. The highest BCUT2D eigenvalue weighted by Gasteiger charge is 2.38. The zero-order valence-electron chi connectivity index (χ0n) is 9.07. The van der Waals surface area contributed by atoms with Gasteiger partial charge in [0.05, 0.1) is 5.54 Å². The number of benzene rings is 1. The number of amides is 1. The SMILES string of the molecule is C=CC[C@]1(NC(=O)O)CCc2ccccc21. The second-order valence-corrected chi connectivity index (χ2v) is 4.16.